The van der Waals surface area contributed by atoms with Crippen LogP contribution in [-0.4, -0.2) is 23.9 Å². The molecule has 1 unspecified atom stereocenters. The predicted molar refractivity (Wildman–Crippen MR) is 75.4 cm³/mol. The highest BCUT2D eigenvalue weighted by Gasteiger charge is 2.23. The molecule has 1 aromatic carbocycles. The molecule has 1 fully saturated rings. The molecule has 0 spiro atoms. The first-order valence-electron chi connectivity index (χ1n) is 6.14. The van der Waals surface area contributed by atoms with Crippen molar-refractivity contribution in [1.82, 2.24) is 10.3 Å². The zero-order valence-electron chi connectivity index (χ0n) is 10.7. The van der Waals surface area contributed by atoms with Gasteiger partial charge < -0.3 is 4.90 Å². The maximum atomic E-state index is 5.89. The van der Waals surface area contributed by atoms with E-state index in [9.17, 15) is 0 Å². The first-order valence-corrected chi connectivity index (χ1v) is 6.52. The van der Waals surface area contributed by atoms with E-state index in [0.717, 1.165) is 23.8 Å². The maximum absolute atomic E-state index is 5.89. The highest BCUT2D eigenvalue weighted by Crippen LogP contribution is 2.25. The van der Waals surface area contributed by atoms with Crippen molar-refractivity contribution in [2.45, 2.75) is 31.8 Å². The summed E-state index contributed by atoms with van der Waals surface area (Å²) < 4.78 is 0. The van der Waals surface area contributed by atoms with Crippen molar-refractivity contribution in [1.29, 1.82) is 0 Å². The highest BCUT2D eigenvalue weighted by molar-refractivity contribution is 6.30. The third kappa shape index (κ3) is 3.15. The van der Waals surface area contributed by atoms with Gasteiger partial charge in [-0.05, 0) is 37.5 Å². The van der Waals surface area contributed by atoms with Crippen molar-refractivity contribution in [3.63, 3.8) is 0 Å². The minimum atomic E-state index is 0.191. The molecule has 98 valence electrons. The van der Waals surface area contributed by atoms with E-state index in [4.69, 9.17) is 17.4 Å². The minimum absolute atomic E-state index is 0.191. The summed E-state index contributed by atoms with van der Waals surface area (Å²) in [5.41, 5.74) is 3.87. The van der Waals surface area contributed by atoms with Gasteiger partial charge in [0, 0.05) is 12.1 Å². The van der Waals surface area contributed by atoms with Gasteiger partial charge in [-0.3, -0.25) is 5.43 Å². The number of benzene rings is 1. The first kappa shape index (κ1) is 13.2. The van der Waals surface area contributed by atoms with Gasteiger partial charge in [0.2, 0.25) is 5.96 Å². The van der Waals surface area contributed by atoms with Crippen LogP contribution in [0.15, 0.2) is 29.3 Å². The number of hydrazine groups is 1. The van der Waals surface area contributed by atoms with Gasteiger partial charge in [0.25, 0.3) is 0 Å². The van der Waals surface area contributed by atoms with Crippen molar-refractivity contribution in [3.8, 4) is 0 Å². The number of rotatable bonds is 3. The monoisotopic (exact) mass is 266 g/mol. The van der Waals surface area contributed by atoms with Gasteiger partial charge in [-0.15, -0.1) is 0 Å². The standard InChI is InChI=1S/C13H19ClN4/c1-9(10-3-5-11(14)6-4-10)18(2)13(17-15)16-12-7-8-12/h3-6,9,12H,7-8,15H2,1-2H3,(H,16,17). The highest BCUT2D eigenvalue weighted by atomic mass is 35.5. The molecule has 1 aliphatic rings. The molecule has 3 N–H and O–H groups in total. The molecule has 0 bridgehead atoms. The maximum Gasteiger partial charge on any atom is 0.208 e. The van der Waals surface area contributed by atoms with E-state index >= 15 is 0 Å². The van der Waals surface area contributed by atoms with Gasteiger partial charge in [-0.2, -0.15) is 0 Å². The predicted octanol–water partition coefficient (Wildman–Crippen LogP) is 2.31. The topological polar surface area (TPSA) is 53.6 Å². The molecular weight excluding hydrogens is 248 g/mol. The molecular formula is C13H19ClN4. The molecule has 4 nitrogen and oxygen atoms in total. The van der Waals surface area contributed by atoms with Crippen LogP contribution in [0.2, 0.25) is 5.02 Å². The molecule has 18 heavy (non-hydrogen) atoms. The van der Waals surface area contributed by atoms with Crippen LogP contribution < -0.4 is 11.3 Å². The van der Waals surface area contributed by atoms with Crippen LogP contribution in [0.25, 0.3) is 0 Å². The van der Waals surface area contributed by atoms with Crippen LogP contribution >= 0.6 is 11.6 Å². The summed E-state index contributed by atoms with van der Waals surface area (Å²) in [5.74, 6) is 6.28. The Hall–Kier alpha value is -1.26. The van der Waals surface area contributed by atoms with E-state index in [-0.39, 0.29) is 6.04 Å². The molecule has 1 saturated carbocycles. The molecule has 0 aromatic heterocycles. The van der Waals surface area contributed by atoms with Crippen LogP contribution in [0.3, 0.4) is 0 Å². The second kappa shape index (κ2) is 5.59. The van der Waals surface area contributed by atoms with E-state index in [0.29, 0.717) is 6.04 Å². The van der Waals surface area contributed by atoms with Crippen molar-refractivity contribution in [2.24, 2.45) is 10.8 Å². The third-order valence-electron chi connectivity index (χ3n) is 3.25. The van der Waals surface area contributed by atoms with Gasteiger partial charge in [0.15, 0.2) is 0 Å². The van der Waals surface area contributed by atoms with Crippen molar-refractivity contribution in [3.05, 3.63) is 34.9 Å². The summed E-state index contributed by atoms with van der Waals surface area (Å²) in [6.07, 6.45) is 2.32. The van der Waals surface area contributed by atoms with E-state index < -0.39 is 0 Å². The molecule has 2 rings (SSSR count). The lowest BCUT2D eigenvalue weighted by molar-refractivity contribution is 0.386. The Morgan fingerprint density at radius 1 is 1.44 bits per heavy atom. The van der Waals surface area contributed by atoms with Gasteiger partial charge in [-0.25, -0.2) is 10.8 Å². The lowest BCUT2D eigenvalue weighted by atomic mass is 10.1. The molecule has 1 aliphatic carbocycles. The Labute approximate surface area is 113 Å². The van der Waals surface area contributed by atoms with Gasteiger partial charge in [0.05, 0.1) is 12.1 Å². The van der Waals surface area contributed by atoms with Gasteiger partial charge in [0.1, 0.15) is 0 Å². The van der Waals surface area contributed by atoms with E-state index in [1.807, 2.05) is 36.2 Å². The lowest BCUT2D eigenvalue weighted by Gasteiger charge is -2.28. The summed E-state index contributed by atoms with van der Waals surface area (Å²) in [6.45, 7) is 2.11. The third-order valence-corrected chi connectivity index (χ3v) is 3.50. The van der Waals surface area contributed by atoms with Crippen LogP contribution in [0.1, 0.15) is 31.4 Å². The van der Waals surface area contributed by atoms with E-state index in [1.54, 1.807) is 0 Å². The fraction of sp³-hybridized carbons (Fsp3) is 0.462. The van der Waals surface area contributed by atoms with Gasteiger partial charge >= 0.3 is 0 Å². The zero-order chi connectivity index (χ0) is 13.1. The first-order chi connectivity index (χ1) is 8.61. The van der Waals surface area contributed by atoms with Crippen molar-refractivity contribution in [2.75, 3.05) is 7.05 Å². The van der Waals surface area contributed by atoms with Crippen molar-refractivity contribution < 1.29 is 0 Å². The van der Waals surface area contributed by atoms with Gasteiger partial charge in [-0.1, -0.05) is 23.7 Å². The Balaban J connectivity index is 2.11. The normalized spacial score (nSPS) is 17.4. The summed E-state index contributed by atoms with van der Waals surface area (Å²) in [5, 5.41) is 0.748. The largest absolute Gasteiger partial charge is 0.338 e. The second-order valence-corrected chi connectivity index (χ2v) is 5.10. The Bertz CT molecular complexity index is 425. The Kier molecular flexibility index (Phi) is 4.09. The van der Waals surface area contributed by atoms with Crippen molar-refractivity contribution >= 4 is 17.6 Å². The smallest absolute Gasteiger partial charge is 0.208 e. The fourth-order valence-corrected chi connectivity index (χ4v) is 1.88. The molecule has 1 atom stereocenters. The minimum Gasteiger partial charge on any atom is -0.338 e. The number of nitrogens with one attached hydrogen (secondary N) is 1. The van der Waals surface area contributed by atoms with E-state index in [1.165, 1.54) is 5.56 Å². The van der Waals surface area contributed by atoms with Crippen LogP contribution in [0.5, 0.6) is 0 Å². The summed E-state index contributed by atoms with van der Waals surface area (Å²) >= 11 is 5.89. The summed E-state index contributed by atoms with van der Waals surface area (Å²) in [6, 6.07) is 8.47. The fourth-order valence-electron chi connectivity index (χ4n) is 1.76. The SMILES string of the molecule is CC(c1ccc(Cl)cc1)N(C)C(=NC1CC1)NN. The average Bonchev–Trinajstić information content (AvgIpc) is 3.19. The summed E-state index contributed by atoms with van der Waals surface area (Å²) in [7, 11) is 1.99. The number of hydrogen-bond acceptors (Lipinski definition) is 2. The number of nitrogens with zero attached hydrogens (tertiary/aromatic N) is 2. The van der Waals surface area contributed by atoms with Crippen LogP contribution in [0, 0.1) is 0 Å². The average molecular weight is 267 g/mol. The molecule has 0 radical (unpaired) electrons. The van der Waals surface area contributed by atoms with Crippen LogP contribution in [-0.2, 0) is 0 Å². The molecule has 5 heteroatoms. The molecule has 0 heterocycles. The lowest BCUT2D eigenvalue weighted by Crippen LogP contribution is -2.44. The number of guanidine groups is 1. The zero-order valence-corrected chi connectivity index (χ0v) is 11.5. The number of halogens is 1. The van der Waals surface area contributed by atoms with E-state index in [2.05, 4.69) is 17.3 Å². The summed E-state index contributed by atoms with van der Waals surface area (Å²) in [4.78, 5) is 6.59. The number of nitrogens with two attached hydrogens (primary N) is 1. The molecule has 0 aliphatic heterocycles. The molecule has 0 amide bonds. The Morgan fingerprint density at radius 3 is 2.56 bits per heavy atom. The second-order valence-electron chi connectivity index (χ2n) is 4.67. The van der Waals surface area contributed by atoms with Crippen LogP contribution in [0.4, 0.5) is 0 Å². The number of hydrogen-bond donors (Lipinski definition) is 2. The molecule has 1 aromatic rings. The Morgan fingerprint density at radius 2 is 2.06 bits per heavy atom. The number of aliphatic imine (C=N–C) groups is 1. The quantitative estimate of drug-likeness (QED) is 0.382. The molecule has 0 saturated heterocycles.